The molecule has 0 saturated heterocycles. The molecule has 1 N–H and O–H groups in total. The van der Waals surface area contributed by atoms with Gasteiger partial charge in [-0.3, -0.25) is 4.79 Å². The zero-order chi connectivity index (χ0) is 11.4. The molecule has 0 saturated carbocycles. The van der Waals surface area contributed by atoms with Gasteiger partial charge >= 0.3 is 5.97 Å². The molecular weight excluding hydrogens is 228 g/mol. The van der Waals surface area contributed by atoms with E-state index >= 15 is 0 Å². The molecular formula is C10H10N2O3S. The van der Waals surface area contributed by atoms with E-state index in [-0.39, 0.29) is 6.42 Å². The van der Waals surface area contributed by atoms with Gasteiger partial charge in [-0.25, -0.2) is 0 Å². The second-order valence-corrected chi connectivity index (χ2v) is 4.05. The van der Waals surface area contributed by atoms with Crippen LogP contribution in [0, 0.1) is 0 Å². The van der Waals surface area contributed by atoms with Crippen LogP contribution in [0.15, 0.2) is 21.3 Å². The van der Waals surface area contributed by atoms with E-state index in [1.165, 1.54) is 0 Å². The van der Waals surface area contributed by atoms with Crippen molar-refractivity contribution < 1.29 is 14.4 Å². The van der Waals surface area contributed by atoms with E-state index in [2.05, 4.69) is 10.1 Å². The largest absolute Gasteiger partial charge is 0.481 e. The van der Waals surface area contributed by atoms with Crippen molar-refractivity contribution in [1.82, 2.24) is 10.1 Å². The Hall–Kier alpha value is -1.69. The molecule has 2 aromatic heterocycles. The highest BCUT2D eigenvalue weighted by atomic mass is 32.1. The van der Waals surface area contributed by atoms with Crippen molar-refractivity contribution in [2.75, 3.05) is 0 Å². The zero-order valence-electron chi connectivity index (χ0n) is 8.42. The summed E-state index contributed by atoms with van der Waals surface area (Å²) in [5.41, 5.74) is 0.929. The Kier molecular flexibility index (Phi) is 3.31. The molecule has 0 bridgehead atoms. The van der Waals surface area contributed by atoms with E-state index in [1.807, 2.05) is 16.8 Å². The second-order valence-electron chi connectivity index (χ2n) is 3.27. The SMILES string of the molecule is O=C(O)CCCc1nc(-c2ccsc2)no1. The Balaban J connectivity index is 1.95. The molecule has 84 valence electrons. The number of aliphatic carboxylic acids is 1. The number of hydrogen-bond acceptors (Lipinski definition) is 5. The third-order valence-electron chi connectivity index (χ3n) is 2.03. The smallest absolute Gasteiger partial charge is 0.303 e. The van der Waals surface area contributed by atoms with Crippen LogP contribution in [0.25, 0.3) is 11.4 Å². The number of nitrogens with zero attached hydrogens (tertiary/aromatic N) is 2. The lowest BCUT2D eigenvalue weighted by atomic mass is 10.2. The minimum absolute atomic E-state index is 0.121. The van der Waals surface area contributed by atoms with E-state index in [0.29, 0.717) is 24.6 Å². The minimum Gasteiger partial charge on any atom is -0.481 e. The molecule has 0 fully saturated rings. The van der Waals surface area contributed by atoms with Gasteiger partial charge in [-0.2, -0.15) is 16.3 Å². The highest BCUT2D eigenvalue weighted by Crippen LogP contribution is 2.19. The lowest BCUT2D eigenvalue weighted by Crippen LogP contribution is -1.95. The van der Waals surface area contributed by atoms with Crippen LogP contribution in [-0.4, -0.2) is 21.2 Å². The van der Waals surface area contributed by atoms with Gasteiger partial charge in [0, 0.05) is 23.8 Å². The molecule has 0 aromatic carbocycles. The van der Waals surface area contributed by atoms with E-state index < -0.39 is 5.97 Å². The molecule has 2 heterocycles. The predicted molar refractivity (Wildman–Crippen MR) is 58.2 cm³/mol. The van der Waals surface area contributed by atoms with Crippen LogP contribution in [0.4, 0.5) is 0 Å². The molecule has 5 nitrogen and oxygen atoms in total. The summed E-state index contributed by atoms with van der Waals surface area (Å²) in [6.07, 6.45) is 1.14. The monoisotopic (exact) mass is 238 g/mol. The van der Waals surface area contributed by atoms with Crippen molar-refractivity contribution in [2.24, 2.45) is 0 Å². The molecule has 16 heavy (non-hydrogen) atoms. The molecule has 0 radical (unpaired) electrons. The first-order valence-corrected chi connectivity index (χ1v) is 5.77. The number of carboxylic acid groups (broad SMARTS) is 1. The Labute approximate surface area is 95.7 Å². The molecule has 0 unspecified atom stereocenters. The number of thiophene rings is 1. The van der Waals surface area contributed by atoms with Gasteiger partial charge in [-0.05, 0) is 17.9 Å². The molecule has 2 rings (SSSR count). The van der Waals surface area contributed by atoms with Crippen molar-refractivity contribution in [3.8, 4) is 11.4 Å². The predicted octanol–water partition coefficient (Wildman–Crippen LogP) is 2.21. The number of carboxylic acids is 1. The highest BCUT2D eigenvalue weighted by Gasteiger charge is 2.09. The highest BCUT2D eigenvalue weighted by molar-refractivity contribution is 7.08. The Morgan fingerprint density at radius 2 is 2.44 bits per heavy atom. The van der Waals surface area contributed by atoms with Gasteiger partial charge in [0.25, 0.3) is 0 Å². The summed E-state index contributed by atoms with van der Waals surface area (Å²) in [6.45, 7) is 0. The van der Waals surface area contributed by atoms with Gasteiger partial charge in [0.2, 0.25) is 11.7 Å². The standard InChI is InChI=1S/C10H10N2O3S/c13-9(14)3-1-2-8-11-10(12-15-8)7-4-5-16-6-7/h4-6H,1-3H2,(H,13,14). The first kappa shape index (κ1) is 10.8. The summed E-state index contributed by atoms with van der Waals surface area (Å²) in [4.78, 5) is 14.5. The van der Waals surface area contributed by atoms with E-state index in [1.54, 1.807) is 11.3 Å². The Morgan fingerprint density at radius 1 is 1.56 bits per heavy atom. The van der Waals surface area contributed by atoms with Crippen LogP contribution in [0.5, 0.6) is 0 Å². The van der Waals surface area contributed by atoms with Crippen LogP contribution in [0.2, 0.25) is 0 Å². The maximum absolute atomic E-state index is 10.3. The molecule has 0 spiro atoms. The molecule has 0 amide bonds. The lowest BCUT2D eigenvalue weighted by molar-refractivity contribution is -0.137. The number of aryl methyl sites for hydroxylation is 1. The van der Waals surface area contributed by atoms with Gasteiger partial charge in [-0.15, -0.1) is 0 Å². The van der Waals surface area contributed by atoms with Crippen molar-refractivity contribution in [1.29, 1.82) is 0 Å². The quantitative estimate of drug-likeness (QED) is 0.864. The summed E-state index contributed by atoms with van der Waals surface area (Å²) in [5.74, 6) is 0.242. The van der Waals surface area contributed by atoms with E-state index in [0.717, 1.165) is 5.56 Å². The molecule has 0 aliphatic rings. The first-order chi connectivity index (χ1) is 7.75. The summed E-state index contributed by atoms with van der Waals surface area (Å²) in [6, 6.07) is 1.91. The van der Waals surface area contributed by atoms with Gasteiger partial charge in [0.1, 0.15) is 0 Å². The number of hydrogen-bond donors (Lipinski definition) is 1. The fraction of sp³-hybridized carbons (Fsp3) is 0.300. The van der Waals surface area contributed by atoms with E-state index in [9.17, 15) is 4.79 Å². The molecule has 0 aliphatic heterocycles. The van der Waals surface area contributed by atoms with Crippen molar-refractivity contribution >= 4 is 17.3 Å². The molecule has 6 heteroatoms. The van der Waals surface area contributed by atoms with Crippen molar-refractivity contribution in [3.63, 3.8) is 0 Å². The van der Waals surface area contributed by atoms with Crippen LogP contribution < -0.4 is 0 Å². The fourth-order valence-electron chi connectivity index (χ4n) is 1.26. The van der Waals surface area contributed by atoms with Gasteiger partial charge in [0.05, 0.1) is 0 Å². The Morgan fingerprint density at radius 3 is 3.12 bits per heavy atom. The third-order valence-corrected chi connectivity index (χ3v) is 2.71. The van der Waals surface area contributed by atoms with Crippen molar-refractivity contribution in [2.45, 2.75) is 19.3 Å². The van der Waals surface area contributed by atoms with E-state index in [4.69, 9.17) is 9.63 Å². The minimum atomic E-state index is -0.808. The zero-order valence-corrected chi connectivity index (χ0v) is 9.24. The molecule has 0 aliphatic carbocycles. The topological polar surface area (TPSA) is 76.2 Å². The van der Waals surface area contributed by atoms with Crippen LogP contribution in [0.1, 0.15) is 18.7 Å². The average molecular weight is 238 g/mol. The maximum atomic E-state index is 10.3. The number of aromatic nitrogens is 2. The summed E-state index contributed by atoms with van der Waals surface area (Å²) in [5, 5.41) is 16.2. The van der Waals surface area contributed by atoms with Crippen LogP contribution >= 0.6 is 11.3 Å². The summed E-state index contributed by atoms with van der Waals surface area (Å²) >= 11 is 1.57. The van der Waals surface area contributed by atoms with Gasteiger partial charge in [0.15, 0.2) is 0 Å². The fourth-order valence-corrected chi connectivity index (χ4v) is 1.89. The van der Waals surface area contributed by atoms with Crippen LogP contribution in [-0.2, 0) is 11.2 Å². The van der Waals surface area contributed by atoms with Crippen LogP contribution in [0.3, 0.4) is 0 Å². The van der Waals surface area contributed by atoms with Gasteiger partial charge < -0.3 is 9.63 Å². The maximum Gasteiger partial charge on any atom is 0.303 e. The van der Waals surface area contributed by atoms with Gasteiger partial charge in [-0.1, -0.05) is 5.16 Å². The molecule has 2 aromatic rings. The number of rotatable bonds is 5. The second kappa shape index (κ2) is 4.89. The third kappa shape index (κ3) is 2.66. The van der Waals surface area contributed by atoms with Crippen molar-refractivity contribution in [3.05, 3.63) is 22.7 Å². The lowest BCUT2D eigenvalue weighted by Gasteiger charge is -1.90. The normalized spacial score (nSPS) is 10.5. The first-order valence-electron chi connectivity index (χ1n) is 4.82. The number of carbonyl (C=O) groups is 1. The molecule has 0 atom stereocenters. The Bertz CT molecular complexity index is 464. The average Bonchev–Trinajstić information content (AvgIpc) is 2.85. The summed E-state index contributed by atoms with van der Waals surface area (Å²) < 4.78 is 5.02. The summed E-state index contributed by atoms with van der Waals surface area (Å²) in [7, 11) is 0.